The minimum atomic E-state index is -1.15. The number of benzene rings is 3. The summed E-state index contributed by atoms with van der Waals surface area (Å²) >= 11 is 0. The lowest BCUT2D eigenvalue weighted by Gasteiger charge is -2.08. The number of hydrogen-bond donors (Lipinski definition) is 2. The van der Waals surface area contributed by atoms with Gasteiger partial charge in [-0.1, -0.05) is 30.3 Å². The molecule has 1 amide bonds. The Bertz CT molecular complexity index is 1230. The van der Waals surface area contributed by atoms with E-state index < -0.39 is 12.1 Å². The first kappa shape index (κ1) is 19.2. The van der Waals surface area contributed by atoms with E-state index in [2.05, 4.69) is 5.32 Å². The molecule has 150 valence electrons. The highest BCUT2D eigenvalue weighted by Gasteiger charge is 2.13. The summed E-state index contributed by atoms with van der Waals surface area (Å²) in [7, 11) is 0. The van der Waals surface area contributed by atoms with Crippen molar-refractivity contribution in [2.75, 3.05) is 5.32 Å². The number of para-hydroxylation sites is 1. The molecule has 0 saturated heterocycles. The van der Waals surface area contributed by atoms with Crippen molar-refractivity contribution < 1.29 is 28.2 Å². The fraction of sp³-hybridized carbons (Fsp3) is 0.0435. The van der Waals surface area contributed by atoms with Crippen LogP contribution in [0.1, 0.15) is 16.1 Å². The van der Waals surface area contributed by atoms with Gasteiger partial charge in [-0.2, -0.15) is 0 Å². The summed E-state index contributed by atoms with van der Waals surface area (Å²) in [5.74, 6) is -1.02. The van der Waals surface area contributed by atoms with Crippen LogP contribution < -0.4 is 5.32 Å². The van der Waals surface area contributed by atoms with E-state index in [-0.39, 0.29) is 23.7 Å². The SMILES string of the molecule is O=C(Nc1ccccc1C(=O)O)OCc1cc2cc(-c3ccc(F)cc3)ccc2o1. The first-order valence-corrected chi connectivity index (χ1v) is 9.04. The summed E-state index contributed by atoms with van der Waals surface area (Å²) < 4.78 is 23.9. The lowest BCUT2D eigenvalue weighted by Crippen LogP contribution is -2.15. The van der Waals surface area contributed by atoms with Crippen molar-refractivity contribution in [1.29, 1.82) is 0 Å². The number of furan rings is 1. The van der Waals surface area contributed by atoms with Crippen LogP contribution in [0.4, 0.5) is 14.9 Å². The molecular weight excluding hydrogens is 389 g/mol. The summed E-state index contributed by atoms with van der Waals surface area (Å²) in [6, 6.07) is 19.5. The van der Waals surface area contributed by atoms with Crippen LogP contribution in [0.25, 0.3) is 22.1 Å². The number of halogens is 1. The second-order valence-corrected chi connectivity index (χ2v) is 6.52. The zero-order chi connectivity index (χ0) is 21.1. The van der Waals surface area contributed by atoms with Crippen molar-refractivity contribution >= 4 is 28.7 Å². The number of amides is 1. The van der Waals surface area contributed by atoms with Gasteiger partial charge in [0.05, 0.1) is 11.3 Å². The number of rotatable bonds is 5. The van der Waals surface area contributed by atoms with Crippen LogP contribution in [-0.4, -0.2) is 17.2 Å². The molecule has 6 nitrogen and oxygen atoms in total. The van der Waals surface area contributed by atoms with Gasteiger partial charge in [-0.15, -0.1) is 0 Å². The predicted molar refractivity (Wildman–Crippen MR) is 109 cm³/mol. The van der Waals surface area contributed by atoms with Crippen molar-refractivity contribution in [2.24, 2.45) is 0 Å². The molecule has 7 heteroatoms. The van der Waals surface area contributed by atoms with E-state index in [0.29, 0.717) is 11.3 Å². The van der Waals surface area contributed by atoms with Gasteiger partial charge in [0.25, 0.3) is 0 Å². The Balaban J connectivity index is 1.45. The molecule has 30 heavy (non-hydrogen) atoms. The van der Waals surface area contributed by atoms with Crippen molar-refractivity contribution in [1.82, 2.24) is 0 Å². The Labute approximate surface area is 170 Å². The fourth-order valence-electron chi connectivity index (χ4n) is 3.05. The average molecular weight is 405 g/mol. The van der Waals surface area contributed by atoms with Gasteiger partial charge in [0.15, 0.2) is 6.61 Å². The highest BCUT2D eigenvalue weighted by atomic mass is 19.1. The van der Waals surface area contributed by atoms with Crippen LogP contribution in [0.15, 0.2) is 77.2 Å². The largest absolute Gasteiger partial charge is 0.478 e. The summed E-state index contributed by atoms with van der Waals surface area (Å²) in [5.41, 5.74) is 2.50. The number of hydrogen-bond acceptors (Lipinski definition) is 4. The van der Waals surface area contributed by atoms with Crippen LogP contribution in [0, 0.1) is 5.82 Å². The van der Waals surface area contributed by atoms with Gasteiger partial charge in [-0.25, -0.2) is 14.0 Å². The highest BCUT2D eigenvalue weighted by Crippen LogP contribution is 2.27. The summed E-state index contributed by atoms with van der Waals surface area (Å²) in [5, 5.41) is 12.4. The Morgan fingerprint density at radius 3 is 2.47 bits per heavy atom. The van der Waals surface area contributed by atoms with E-state index in [1.807, 2.05) is 12.1 Å². The lowest BCUT2D eigenvalue weighted by atomic mass is 10.0. The molecule has 0 spiro atoms. The number of carboxylic acid groups (broad SMARTS) is 1. The first-order valence-electron chi connectivity index (χ1n) is 9.04. The monoisotopic (exact) mass is 405 g/mol. The molecule has 2 N–H and O–H groups in total. The Kier molecular flexibility index (Phi) is 5.17. The third kappa shape index (κ3) is 4.15. The van der Waals surface area contributed by atoms with E-state index in [1.54, 1.807) is 36.4 Å². The van der Waals surface area contributed by atoms with Crippen LogP contribution in [0.2, 0.25) is 0 Å². The van der Waals surface area contributed by atoms with Crippen LogP contribution in [-0.2, 0) is 11.3 Å². The van der Waals surface area contributed by atoms with Crippen molar-refractivity contribution in [3.05, 3.63) is 89.9 Å². The van der Waals surface area contributed by atoms with E-state index in [4.69, 9.17) is 14.3 Å². The maximum Gasteiger partial charge on any atom is 0.412 e. The zero-order valence-corrected chi connectivity index (χ0v) is 15.6. The first-order chi connectivity index (χ1) is 14.5. The zero-order valence-electron chi connectivity index (χ0n) is 15.6. The van der Waals surface area contributed by atoms with E-state index in [1.165, 1.54) is 24.3 Å². The van der Waals surface area contributed by atoms with Gasteiger partial charge in [0, 0.05) is 5.39 Å². The number of fused-ring (bicyclic) bond motifs is 1. The molecule has 1 heterocycles. The average Bonchev–Trinajstić information content (AvgIpc) is 3.15. The standard InChI is InChI=1S/C23H16FNO5/c24-17-8-5-14(6-9-17)15-7-10-21-16(11-15)12-18(30-21)13-29-23(28)25-20-4-2-1-3-19(20)22(26)27/h1-12H,13H2,(H,25,28)(H,26,27). The molecule has 1 aromatic heterocycles. The Morgan fingerprint density at radius 1 is 0.967 bits per heavy atom. The molecule has 4 rings (SSSR count). The van der Waals surface area contributed by atoms with Crippen molar-refractivity contribution in [3.8, 4) is 11.1 Å². The van der Waals surface area contributed by atoms with Crippen LogP contribution in [0.3, 0.4) is 0 Å². The number of nitrogens with one attached hydrogen (secondary N) is 1. The predicted octanol–water partition coefficient (Wildman–Crippen LogP) is 5.69. The van der Waals surface area contributed by atoms with Crippen molar-refractivity contribution in [3.63, 3.8) is 0 Å². The molecule has 0 aliphatic carbocycles. The molecule has 3 aromatic carbocycles. The summed E-state index contributed by atoms with van der Waals surface area (Å²) in [4.78, 5) is 23.2. The molecule has 0 unspecified atom stereocenters. The third-order valence-electron chi connectivity index (χ3n) is 4.48. The smallest absolute Gasteiger partial charge is 0.412 e. The molecule has 0 saturated carbocycles. The molecule has 0 fully saturated rings. The maximum atomic E-state index is 13.1. The normalized spacial score (nSPS) is 10.7. The fourth-order valence-corrected chi connectivity index (χ4v) is 3.05. The van der Waals surface area contributed by atoms with Gasteiger partial charge in [-0.3, -0.25) is 5.32 Å². The van der Waals surface area contributed by atoms with Crippen LogP contribution in [0.5, 0.6) is 0 Å². The minimum Gasteiger partial charge on any atom is -0.478 e. The number of carboxylic acids is 1. The molecule has 0 aliphatic heterocycles. The molecule has 0 aliphatic rings. The van der Waals surface area contributed by atoms with E-state index in [0.717, 1.165) is 16.5 Å². The number of anilines is 1. The lowest BCUT2D eigenvalue weighted by molar-refractivity contribution is 0.0698. The van der Waals surface area contributed by atoms with Gasteiger partial charge in [0.1, 0.15) is 17.2 Å². The Morgan fingerprint density at radius 2 is 1.70 bits per heavy atom. The van der Waals surface area contributed by atoms with E-state index in [9.17, 15) is 14.0 Å². The molecule has 0 bridgehead atoms. The summed E-state index contributed by atoms with van der Waals surface area (Å²) in [6.07, 6.45) is -0.795. The van der Waals surface area contributed by atoms with Gasteiger partial charge >= 0.3 is 12.1 Å². The quantitative estimate of drug-likeness (QED) is 0.446. The molecule has 4 aromatic rings. The second-order valence-electron chi connectivity index (χ2n) is 6.52. The number of carbonyl (C=O) groups excluding carboxylic acids is 1. The number of ether oxygens (including phenoxy) is 1. The van der Waals surface area contributed by atoms with Crippen molar-refractivity contribution in [2.45, 2.75) is 6.61 Å². The maximum absolute atomic E-state index is 13.1. The molecule has 0 radical (unpaired) electrons. The molecular formula is C23H16FNO5. The topological polar surface area (TPSA) is 88.8 Å². The summed E-state index contributed by atoms with van der Waals surface area (Å²) in [6.45, 7) is -0.123. The van der Waals surface area contributed by atoms with Gasteiger partial charge in [-0.05, 0) is 53.6 Å². The number of aromatic carboxylic acids is 1. The highest BCUT2D eigenvalue weighted by molar-refractivity contribution is 5.98. The second kappa shape index (κ2) is 8.08. The third-order valence-corrected chi connectivity index (χ3v) is 4.48. The van der Waals surface area contributed by atoms with Gasteiger partial charge in [0.2, 0.25) is 0 Å². The molecule has 0 atom stereocenters. The Hall–Kier alpha value is -4.13. The van der Waals surface area contributed by atoms with Gasteiger partial charge < -0.3 is 14.3 Å². The van der Waals surface area contributed by atoms with Crippen LogP contribution >= 0.6 is 0 Å². The van der Waals surface area contributed by atoms with E-state index >= 15 is 0 Å². The minimum absolute atomic E-state index is 0.0356. The number of carbonyl (C=O) groups is 2.